The maximum absolute atomic E-state index is 12.9. The number of amides is 1. The summed E-state index contributed by atoms with van der Waals surface area (Å²) in [4.78, 5) is 12.9. The lowest BCUT2D eigenvalue weighted by Gasteiger charge is -2.07. The van der Waals surface area contributed by atoms with Gasteiger partial charge >= 0.3 is 0 Å². The highest BCUT2D eigenvalue weighted by molar-refractivity contribution is 6.36. The largest absolute Gasteiger partial charge is 0.497 e. The second-order valence-corrected chi connectivity index (χ2v) is 7.11. The van der Waals surface area contributed by atoms with Crippen LogP contribution < -0.4 is 15.9 Å². The molecule has 0 atom stereocenters. The second-order valence-electron chi connectivity index (χ2n) is 6.27. The molecule has 1 amide bonds. The van der Waals surface area contributed by atoms with E-state index in [2.05, 4.69) is 35.8 Å². The maximum atomic E-state index is 12.9. The Morgan fingerprint density at radius 2 is 2.09 bits per heavy atom. The molecule has 2 aromatic carbocycles. The van der Waals surface area contributed by atoms with Crippen molar-refractivity contribution in [1.29, 1.82) is 0 Å². The van der Waals surface area contributed by atoms with Gasteiger partial charge < -0.3 is 10.5 Å². The number of carbonyl (C=O) groups excluding carboxylic acids is 1. The molecule has 0 aliphatic carbocycles. The van der Waals surface area contributed by atoms with Gasteiger partial charge in [-0.1, -0.05) is 46.6 Å². The summed E-state index contributed by atoms with van der Waals surface area (Å²) >= 11 is 12.0. The van der Waals surface area contributed by atoms with Crippen LogP contribution in [0.2, 0.25) is 10.0 Å². The average molecular weight is 473 g/mol. The van der Waals surface area contributed by atoms with Crippen molar-refractivity contribution in [2.75, 3.05) is 12.8 Å². The van der Waals surface area contributed by atoms with Crippen molar-refractivity contribution in [3.05, 3.63) is 63.8 Å². The quantitative estimate of drug-likeness (QED) is 0.321. The Bertz CT molecular complexity index is 1320. The summed E-state index contributed by atoms with van der Waals surface area (Å²) in [5.41, 5.74) is 9.57. The van der Waals surface area contributed by atoms with Crippen LogP contribution in [0, 0.1) is 0 Å². The number of nitrogens with two attached hydrogens (primary N) is 1. The van der Waals surface area contributed by atoms with Crippen LogP contribution in [0.5, 0.6) is 5.75 Å². The Kier molecular flexibility index (Phi) is 6.01. The molecule has 162 valence electrons. The zero-order chi connectivity index (χ0) is 22.7. The number of rotatable bonds is 6. The Morgan fingerprint density at radius 3 is 2.81 bits per heavy atom. The lowest BCUT2D eigenvalue weighted by Crippen LogP contribution is -2.19. The van der Waals surface area contributed by atoms with E-state index in [4.69, 9.17) is 33.7 Å². The summed E-state index contributed by atoms with van der Waals surface area (Å²) in [7, 11) is 1.53. The molecule has 0 spiro atoms. The number of hydrogen-bond donors (Lipinski definition) is 2. The van der Waals surface area contributed by atoms with E-state index in [1.54, 1.807) is 42.5 Å². The molecular weight excluding hydrogens is 459 g/mol. The van der Waals surface area contributed by atoms with Crippen LogP contribution in [0.15, 0.2) is 52.2 Å². The van der Waals surface area contributed by atoms with Gasteiger partial charge in [-0.2, -0.15) is 9.78 Å². The van der Waals surface area contributed by atoms with Gasteiger partial charge in [-0.15, -0.1) is 5.10 Å². The van der Waals surface area contributed by atoms with E-state index < -0.39 is 5.91 Å². The molecule has 2 heterocycles. The van der Waals surface area contributed by atoms with E-state index in [9.17, 15) is 4.79 Å². The molecule has 0 radical (unpaired) electrons. The van der Waals surface area contributed by atoms with Crippen LogP contribution >= 0.6 is 23.2 Å². The van der Waals surface area contributed by atoms with Crippen molar-refractivity contribution in [1.82, 2.24) is 30.7 Å². The zero-order valence-corrected chi connectivity index (χ0v) is 17.9. The van der Waals surface area contributed by atoms with E-state index in [1.807, 2.05) is 0 Å². The molecular formula is C19H14Cl2N8O3. The van der Waals surface area contributed by atoms with Gasteiger partial charge in [0.2, 0.25) is 11.6 Å². The number of carbonyl (C=O) groups is 1. The van der Waals surface area contributed by atoms with E-state index >= 15 is 0 Å². The van der Waals surface area contributed by atoms with Crippen LogP contribution in [0.25, 0.3) is 17.1 Å². The first-order chi connectivity index (χ1) is 15.5. The monoisotopic (exact) mass is 472 g/mol. The van der Waals surface area contributed by atoms with E-state index in [1.165, 1.54) is 18.0 Å². The second kappa shape index (κ2) is 9.04. The van der Waals surface area contributed by atoms with E-state index in [0.29, 0.717) is 26.9 Å². The summed E-state index contributed by atoms with van der Waals surface area (Å²) in [5, 5.41) is 20.1. The molecule has 13 heteroatoms. The van der Waals surface area contributed by atoms with Gasteiger partial charge in [-0.25, -0.2) is 10.1 Å². The summed E-state index contributed by atoms with van der Waals surface area (Å²) in [6, 6.07) is 11.8. The predicted molar refractivity (Wildman–Crippen MR) is 117 cm³/mol. The van der Waals surface area contributed by atoms with Crippen LogP contribution in [-0.2, 0) is 0 Å². The van der Waals surface area contributed by atoms with E-state index in [-0.39, 0.29) is 23.0 Å². The fourth-order valence-corrected chi connectivity index (χ4v) is 3.23. The molecule has 3 N–H and O–H groups in total. The molecule has 0 fully saturated rings. The van der Waals surface area contributed by atoms with Gasteiger partial charge in [0.1, 0.15) is 11.4 Å². The SMILES string of the molecule is COc1cccc(-c2c(C(=O)N/N=C\c3ccc(Cl)cc3Cl)nnn2-c2nonc2N)c1. The number of nitrogens with one attached hydrogen (secondary N) is 1. The summed E-state index contributed by atoms with van der Waals surface area (Å²) in [5.74, 6) is -0.0269. The zero-order valence-electron chi connectivity index (χ0n) is 16.4. The third-order valence-corrected chi connectivity index (χ3v) is 4.82. The number of benzene rings is 2. The molecule has 4 aromatic rings. The number of nitrogens with zero attached hydrogens (tertiary/aromatic N) is 6. The van der Waals surface area contributed by atoms with Crippen LogP contribution in [0.1, 0.15) is 16.1 Å². The first kappa shape index (κ1) is 21.3. The smallest absolute Gasteiger partial charge is 0.294 e. The number of methoxy groups -OCH3 is 1. The highest BCUT2D eigenvalue weighted by Crippen LogP contribution is 2.29. The normalized spacial score (nSPS) is 11.1. The fraction of sp³-hybridized carbons (Fsp3) is 0.0526. The predicted octanol–water partition coefficient (Wildman–Crippen LogP) is 2.98. The molecule has 2 aromatic heterocycles. The third-order valence-electron chi connectivity index (χ3n) is 4.26. The highest BCUT2D eigenvalue weighted by atomic mass is 35.5. The Balaban J connectivity index is 1.70. The Morgan fingerprint density at radius 1 is 1.25 bits per heavy atom. The minimum atomic E-state index is -0.634. The highest BCUT2D eigenvalue weighted by Gasteiger charge is 2.25. The molecule has 4 rings (SSSR count). The first-order valence-electron chi connectivity index (χ1n) is 8.95. The van der Waals surface area contributed by atoms with Crippen molar-refractivity contribution >= 4 is 41.1 Å². The van der Waals surface area contributed by atoms with E-state index in [0.717, 1.165) is 0 Å². The van der Waals surface area contributed by atoms with Crippen molar-refractivity contribution in [2.45, 2.75) is 0 Å². The average Bonchev–Trinajstić information content (AvgIpc) is 3.41. The van der Waals surface area contributed by atoms with Gasteiger partial charge in [0.05, 0.1) is 18.3 Å². The van der Waals surface area contributed by atoms with Crippen molar-refractivity contribution < 1.29 is 14.2 Å². The van der Waals surface area contributed by atoms with Crippen LogP contribution in [0.3, 0.4) is 0 Å². The standard InChI is InChI=1S/C19H14Cl2N8O3/c1-31-13-4-2-3-10(7-13)16-15(24-28-29(16)18-17(22)26-32-27-18)19(30)25-23-9-11-5-6-12(20)8-14(11)21/h2-9H,1H3,(H2,22,26)(H,25,30)/b23-9-. The topological polar surface area (TPSA) is 146 Å². The number of hydrazone groups is 1. The number of halogens is 2. The number of aromatic nitrogens is 5. The van der Waals surface area contributed by atoms with Gasteiger partial charge in [-0.3, -0.25) is 4.79 Å². The maximum Gasteiger partial charge on any atom is 0.294 e. The molecule has 0 saturated carbocycles. The molecule has 0 aliphatic heterocycles. The van der Waals surface area contributed by atoms with Gasteiger partial charge in [0, 0.05) is 16.1 Å². The number of nitrogen functional groups attached to an aromatic ring is 1. The molecule has 0 saturated heterocycles. The van der Waals surface area contributed by atoms with Crippen LogP contribution in [-0.4, -0.2) is 44.5 Å². The minimum absolute atomic E-state index is 0.0265. The first-order valence-corrected chi connectivity index (χ1v) is 9.70. The van der Waals surface area contributed by atoms with Gasteiger partial charge in [0.15, 0.2) is 5.69 Å². The summed E-state index contributed by atoms with van der Waals surface area (Å²) in [6.45, 7) is 0. The fourth-order valence-electron chi connectivity index (χ4n) is 2.77. The van der Waals surface area contributed by atoms with Crippen molar-refractivity contribution in [3.8, 4) is 22.8 Å². The minimum Gasteiger partial charge on any atom is -0.497 e. The number of ether oxygens (including phenoxy) is 1. The lowest BCUT2D eigenvalue weighted by molar-refractivity contribution is 0.0950. The third kappa shape index (κ3) is 4.24. The molecule has 0 bridgehead atoms. The number of hydrogen-bond acceptors (Lipinski definition) is 9. The van der Waals surface area contributed by atoms with Crippen LogP contribution in [0.4, 0.5) is 5.82 Å². The Hall–Kier alpha value is -3.96. The lowest BCUT2D eigenvalue weighted by atomic mass is 10.1. The van der Waals surface area contributed by atoms with Gasteiger partial charge in [-0.05, 0) is 34.6 Å². The van der Waals surface area contributed by atoms with Crippen molar-refractivity contribution in [3.63, 3.8) is 0 Å². The summed E-state index contributed by atoms with van der Waals surface area (Å²) < 4.78 is 11.2. The van der Waals surface area contributed by atoms with Crippen molar-refractivity contribution in [2.24, 2.45) is 5.10 Å². The molecule has 32 heavy (non-hydrogen) atoms. The molecule has 0 unspecified atom stereocenters. The summed E-state index contributed by atoms with van der Waals surface area (Å²) in [6.07, 6.45) is 1.38. The number of anilines is 1. The Labute approximate surface area is 190 Å². The molecule has 0 aliphatic rings. The molecule has 11 nitrogen and oxygen atoms in total. The van der Waals surface area contributed by atoms with Gasteiger partial charge in [0.25, 0.3) is 5.91 Å².